The largest absolute Gasteiger partial charge is 0.477 e. The maximum Gasteiger partial charge on any atom is 0.310 e. The van der Waals surface area contributed by atoms with E-state index < -0.39 is 10.8 Å². The van der Waals surface area contributed by atoms with Crippen LogP contribution in [0.2, 0.25) is 0 Å². The molecule has 0 saturated heterocycles. The SMILES string of the molecule is O=C(COc1ccccc1[N+](=O)[O-])Nc1cccc(-c2nc3ccccc3[nH]2)c1. The van der Waals surface area contributed by atoms with Crippen LogP contribution in [-0.2, 0) is 4.79 Å². The van der Waals surface area contributed by atoms with Crippen molar-refractivity contribution < 1.29 is 14.5 Å². The summed E-state index contributed by atoms with van der Waals surface area (Å²) in [4.78, 5) is 30.5. The van der Waals surface area contributed by atoms with Gasteiger partial charge in [0.15, 0.2) is 12.4 Å². The highest BCUT2D eigenvalue weighted by Crippen LogP contribution is 2.26. The molecule has 0 atom stereocenters. The lowest BCUT2D eigenvalue weighted by Gasteiger charge is -2.08. The van der Waals surface area contributed by atoms with Crippen LogP contribution in [0.4, 0.5) is 11.4 Å². The lowest BCUT2D eigenvalue weighted by Crippen LogP contribution is -2.20. The van der Waals surface area contributed by atoms with Crippen LogP contribution in [0.3, 0.4) is 0 Å². The Labute approximate surface area is 165 Å². The zero-order valence-electron chi connectivity index (χ0n) is 15.2. The van der Waals surface area contributed by atoms with Crippen LogP contribution >= 0.6 is 0 Å². The summed E-state index contributed by atoms with van der Waals surface area (Å²) in [7, 11) is 0. The smallest absolute Gasteiger partial charge is 0.310 e. The lowest BCUT2D eigenvalue weighted by atomic mass is 10.2. The van der Waals surface area contributed by atoms with E-state index in [1.807, 2.05) is 30.3 Å². The first kappa shape index (κ1) is 18.2. The monoisotopic (exact) mass is 388 g/mol. The molecule has 0 unspecified atom stereocenters. The van der Waals surface area contributed by atoms with E-state index in [0.717, 1.165) is 16.6 Å². The average Bonchev–Trinajstić information content (AvgIpc) is 3.17. The highest BCUT2D eigenvalue weighted by molar-refractivity contribution is 5.92. The Balaban J connectivity index is 1.45. The van der Waals surface area contributed by atoms with Crippen LogP contribution in [-0.4, -0.2) is 27.4 Å². The van der Waals surface area contributed by atoms with E-state index in [1.165, 1.54) is 18.2 Å². The molecule has 0 radical (unpaired) electrons. The van der Waals surface area contributed by atoms with E-state index in [4.69, 9.17) is 4.74 Å². The van der Waals surface area contributed by atoms with Crippen LogP contribution in [0.5, 0.6) is 5.75 Å². The quantitative estimate of drug-likeness (QED) is 0.381. The topological polar surface area (TPSA) is 110 Å². The van der Waals surface area contributed by atoms with E-state index >= 15 is 0 Å². The first-order valence-corrected chi connectivity index (χ1v) is 8.81. The standard InChI is InChI=1S/C21H16N4O4/c26-20(13-29-19-11-4-3-10-18(19)25(27)28)22-15-7-5-6-14(12-15)21-23-16-8-1-2-9-17(16)24-21/h1-12H,13H2,(H,22,26)(H,23,24). The first-order chi connectivity index (χ1) is 14.1. The number of nitro groups is 1. The first-order valence-electron chi connectivity index (χ1n) is 8.81. The molecule has 0 aliphatic rings. The van der Waals surface area contributed by atoms with Crippen molar-refractivity contribution in [1.82, 2.24) is 9.97 Å². The number of carbonyl (C=O) groups is 1. The van der Waals surface area contributed by atoms with E-state index in [1.54, 1.807) is 24.3 Å². The number of carbonyl (C=O) groups excluding carboxylic acids is 1. The van der Waals surface area contributed by atoms with Crippen LogP contribution in [0, 0.1) is 10.1 Å². The molecule has 0 aliphatic heterocycles. The van der Waals surface area contributed by atoms with Crippen LogP contribution in [0.25, 0.3) is 22.4 Å². The Bertz CT molecular complexity index is 1170. The van der Waals surface area contributed by atoms with Gasteiger partial charge < -0.3 is 15.0 Å². The molecule has 0 bridgehead atoms. The van der Waals surface area contributed by atoms with Crippen molar-refractivity contribution in [3.8, 4) is 17.1 Å². The number of hydrogen-bond acceptors (Lipinski definition) is 5. The number of nitrogens with one attached hydrogen (secondary N) is 2. The highest BCUT2D eigenvalue weighted by Gasteiger charge is 2.15. The van der Waals surface area contributed by atoms with Crippen molar-refractivity contribution in [1.29, 1.82) is 0 Å². The average molecular weight is 388 g/mol. The van der Waals surface area contributed by atoms with Gasteiger partial charge in [-0.25, -0.2) is 4.98 Å². The molecule has 1 amide bonds. The van der Waals surface area contributed by atoms with Gasteiger partial charge in [0.05, 0.1) is 16.0 Å². The third-order valence-corrected chi connectivity index (χ3v) is 4.23. The third-order valence-electron chi connectivity index (χ3n) is 4.23. The molecule has 1 heterocycles. The third kappa shape index (κ3) is 4.06. The van der Waals surface area contributed by atoms with Gasteiger partial charge in [-0.3, -0.25) is 14.9 Å². The number of fused-ring (bicyclic) bond motifs is 1. The molecule has 8 nitrogen and oxygen atoms in total. The molecule has 3 aromatic carbocycles. The fourth-order valence-corrected chi connectivity index (χ4v) is 2.90. The zero-order chi connectivity index (χ0) is 20.2. The maximum absolute atomic E-state index is 12.2. The van der Waals surface area contributed by atoms with Gasteiger partial charge in [0.1, 0.15) is 5.82 Å². The Morgan fingerprint density at radius 1 is 1.07 bits per heavy atom. The van der Waals surface area contributed by atoms with Crippen molar-refractivity contribution in [2.24, 2.45) is 0 Å². The molecule has 0 saturated carbocycles. The Morgan fingerprint density at radius 3 is 2.69 bits per heavy atom. The molecule has 144 valence electrons. The number of hydrogen-bond donors (Lipinski definition) is 2. The molecule has 1 aromatic heterocycles. The van der Waals surface area contributed by atoms with Crippen molar-refractivity contribution in [3.05, 3.63) is 82.9 Å². The summed E-state index contributed by atoms with van der Waals surface area (Å²) >= 11 is 0. The number of ether oxygens (including phenoxy) is 1. The number of rotatable bonds is 6. The molecular weight excluding hydrogens is 372 g/mol. The van der Waals surface area contributed by atoms with Gasteiger partial charge in [-0.15, -0.1) is 0 Å². The van der Waals surface area contributed by atoms with Gasteiger partial charge in [-0.05, 0) is 30.3 Å². The molecule has 4 rings (SSSR count). The number of nitrogens with zero attached hydrogens (tertiary/aromatic N) is 2. The maximum atomic E-state index is 12.2. The van der Waals surface area contributed by atoms with E-state index in [0.29, 0.717) is 11.5 Å². The second-order valence-corrected chi connectivity index (χ2v) is 6.25. The Morgan fingerprint density at radius 2 is 1.86 bits per heavy atom. The number of aromatic nitrogens is 2. The van der Waals surface area contributed by atoms with Crippen LogP contribution in [0.1, 0.15) is 0 Å². The molecule has 8 heteroatoms. The fraction of sp³-hybridized carbons (Fsp3) is 0.0476. The van der Waals surface area contributed by atoms with Crippen molar-refractivity contribution in [3.63, 3.8) is 0 Å². The summed E-state index contributed by atoms with van der Waals surface area (Å²) in [5.41, 5.74) is 2.98. The minimum atomic E-state index is -0.552. The summed E-state index contributed by atoms with van der Waals surface area (Å²) in [6.45, 7) is -0.348. The van der Waals surface area contributed by atoms with Crippen LogP contribution in [0.15, 0.2) is 72.8 Å². The molecule has 0 aliphatic carbocycles. The van der Waals surface area contributed by atoms with Gasteiger partial charge in [0, 0.05) is 17.3 Å². The molecule has 2 N–H and O–H groups in total. The van der Waals surface area contributed by atoms with E-state index in [-0.39, 0.29) is 18.0 Å². The Hall–Kier alpha value is -4.20. The predicted octanol–water partition coefficient (Wildman–Crippen LogP) is 4.16. The summed E-state index contributed by atoms with van der Waals surface area (Å²) in [5, 5.41) is 13.7. The van der Waals surface area contributed by atoms with Gasteiger partial charge in [0.25, 0.3) is 5.91 Å². The summed E-state index contributed by atoms with van der Waals surface area (Å²) in [6.07, 6.45) is 0. The molecule has 0 fully saturated rings. The minimum absolute atomic E-state index is 0.0451. The number of nitro benzene ring substituents is 1. The minimum Gasteiger partial charge on any atom is -0.477 e. The van der Waals surface area contributed by atoms with E-state index in [2.05, 4.69) is 15.3 Å². The lowest BCUT2D eigenvalue weighted by molar-refractivity contribution is -0.385. The second-order valence-electron chi connectivity index (χ2n) is 6.25. The van der Waals surface area contributed by atoms with Crippen molar-refractivity contribution in [2.75, 3.05) is 11.9 Å². The van der Waals surface area contributed by atoms with Gasteiger partial charge in [-0.1, -0.05) is 36.4 Å². The number of anilines is 1. The molecule has 4 aromatic rings. The number of H-pyrrole nitrogens is 1. The number of benzene rings is 3. The number of imidazole rings is 1. The zero-order valence-corrected chi connectivity index (χ0v) is 15.2. The number of aromatic amines is 1. The molecule has 0 spiro atoms. The van der Waals surface area contributed by atoms with Crippen molar-refractivity contribution in [2.45, 2.75) is 0 Å². The Kier molecular flexibility index (Phi) is 4.90. The number of amides is 1. The number of para-hydroxylation sites is 4. The fourth-order valence-electron chi connectivity index (χ4n) is 2.90. The highest BCUT2D eigenvalue weighted by atomic mass is 16.6. The van der Waals surface area contributed by atoms with Gasteiger partial charge >= 0.3 is 5.69 Å². The van der Waals surface area contributed by atoms with Crippen LogP contribution < -0.4 is 10.1 Å². The van der Waals surface area contributed by atoms with Gasteiger partial charge in [0.2, 0.25) is 0 Å². The van der Waals surface area contributed by atoms with Crippen molar-refractivity contribution >= 4 is 28.3 Å². The van der Waals surface area contributed by atoms with Gasteiger partial charge in [-0.2, -0.15) is 0 Å². The summed E-state index contributed by atoms with van der Waals surface area (Å²) in [6, 6.07) is 20.9. The molecule has 29 heavy (non-hydrogen) atoms. The second kappa shape index (κ2) is 7.81. The summed E-state index contributed by atoms with van der Waals surface area (Å²) < 4.78 is 5.31. The van der Waals surface area contributed by atoms with E-state index in [9.17, 15) is 14.9 Å². The normalized spacial score (nSPS) is 10.6. The summed E-state index contributed by atoms with van der Waals surface area (Å²) in [5.74, 6) is 0.312. The predicted molar refractivity (Wildman–Crippen MR) is 109 cm³/mol. The molecular formula is C21H16N4O4.